The number of benzene rings is 1. The minimum absolute atomic E-state index is 0.282. The predicted molar refractivity (Wildman–Crippen MR) is 131 cm³/mol. The van der Waals surface area contributed by atoms with E-state index in [0.29, 0.717) is 5.89 Å². The molecule has 1 saturated heterocycles. The lowest BCUT2D eigenvalue weighted by atomic mass is 9.92. The van der Waals surface area contributed by atoms with Crippen molar-refractivity contribution in [3.63, 3.8) is 0 Å². The summed E-state index contributed by atoms with van der Waals surface area (Å²) in [5.41, 5.74) is 3.72. The van der Waals surface area contributed by atoms with E-state index in [2.05, 4.69) is 46.8 Å². The number of hydrogen-bond acceptors (Lipinski definition) is 4. The monoisotopic (exact) mass is 443 g/mol. The fourth-order valence-electron chi connectivity index (χ4n) is 4.16. The van der Waals surface area contributed by atoms with Gasteiger partial charge in [0.05, 0.1) is 5.69 Å². The van der Waals surface area contributed by atoms with Gasteiger partial charge in [0.1, 0.15) is 17.3 Å². The third-order valence-electron chi connectivity index (χ3n) is 6.10. The molecule has 1 aromatic carbocycles. The third kappa shape index (κ3) is 5.93. The second-order valence-electron chi connectivity index (χ2n) is 8.40. The summed E-state index contributed by atoms with van der Waals surface area (Å²) in [7, 11) is 0. The molecule has 3 aromatic rings. The largest absolute Gasteiger partial charge is 0.440 e. The van der Waals surface area contributed by atoms with E-state index in [1.165, 1.54) is 17.7 Å². The van der Waals surface area contributed by atoms with Crippen LogP contribution in [0, 0.1) is 0 Å². The molecule has 3 heterocycles. The maximum absolute atomic E-state index is 13.5. The van der Waals surface area contributed by atoms with Gasteiger partial charge in [0, 0.05) is 24.2 Å². The van der Waals surface area contributed by atoms with E-state index in [1.54, 1.807) is 12.3 Å². The Balaban J connectivity index is 1.50. The Morgan fingerprint density at radius 2 is 1.88 bits per heavy atom. The van der Waals surface area contributed by atoms with Gasteiger partial charge in [-0.2, -0.15) is 0 Å². The molecule has 0 atom stereocenters. The number of nitrogens with zero attached hydrogens (tertiary/aromatic N) is 3. The molecule has 0 N–H and O–H groups in total. The van der Waals surface area contributed by atoms with Gasteiger partial charge in [0.15, 0.2) is 0 Å². The zero-order valence-electron chi connectivity index (χ0n) is 19.1. The van der Waals surface area contributed by atoms with E-state index in [0.717, 1.165) is 61.6 Å². The predicted octanol–water partition coefficient (Wildman–Crippen LogP) is 6.60. The highest BCUT2D eigenvalue weighted by Gasteiger charge is 2.28. The number of aromatic nitrogens is 2. The van der Waals surface area contributed by atoms with Crippen LogP contribution < -0.4 is 0 Å². The number of rotatable bonds is 8. The number of allylic oxidation sites excluding steroid dienone is 5. The SMILES string of the molecule is C=C/C(F)=C\C=C(/C)c1nc(-c2ccccn2)c(C2CCN(CCc3ccccc3)CC2)o1. The van der Waals surface area contributed by atoms with Crippen LogP contribution in [0.5, 0.6) is 0 Å². The van der Waals surface area contributed by atoms with Gasteiger partial charge in [0.25, 0.3) is 0 Å². The molecule has 0 radical (unpaired) electrons. The van der Waals surface area contributed by atoms with E-state index in [-0.39, 0.29) is 5.92 Å². The second kappa shape index (κ2) is 11.0. The minimum atomic E-state index is -0.394. The van der Waals surface area contributed by atoms with Gasteiger partial charge < -0.3 is 9.32 Å². The number of pyridine rings is 1. The average molecular weight is 444 g/mol. The smallest absolute Gasteiger partial charge is 0.222 e. The molecule has 4 nitrogen and oxygen atoms in total. The Bertz CT molecular complexity index is 1110. The van der Waals surface area contributed by atoms with E-state index in [9.17, 15) is 4.39 Å². The summed E-state index contributed by atoms with van der Waals surface area (Å²) in [6.07, 6.45) is 9.07. The van der Waals surface area contributed by atoms with Crippen molar-refractivity contribution in [2.45, 2.75) is 32.1 Å². The van der Waals surface area contributed by atoms with Gasteiger partial charge in [-0.1, -0.05) is 49.1 Å². The van der Waals surface area contributed by atoms with Crippen molar-refractivity contribution >= 4 is 5.57 Å². The van der Waals surface area contributed by atoms with Gasteiger partial charge in [0.2, 0.25) is 5.89 Å². The van der Waals surface area contributed by atoms with Crippen LogP contribution in [0.25, 0.3) is 17.0 Å². The molecule has 1 aliphatic heterocycles. The zero-order chi connectivity index (χ0) is 23.0. The molecule has 0 saturated carbocycles. The first-order chi connectivity index (χ1) is 16.1. The van der Waals surface area contributed by atoms with Crippen LogP contribution in [-0.2, 0) is 6.42 Å². The molecule has 1 aliphatic rings. The topological polar surface area (TPSA) is 42.2 Å². The van der Waals surface area contributed by atoms with Crippen molar-refractivity contribution in [3.05, 3.63) is 103 Å². The van der Waals surface area contributed by atoms with Gasteiger partial charge in [-0.3, -0.25) is 4.98 Å². The summed E-state index contributed by atoms with van der Waals surface area (Å²) in [4.78, 5) is 11.8. The molecule has 1 fully saturated rings. The van der Waals surface area contributed by atoms with Gasteiger partial charge in [-0.15, -0.1) is 0 Å². The lowest BCUT2D eigenvalue weighted by molar-refractivity contribution is 0.204. The van der Waals surface area contributed by atoms with Crippen molar-refractivity contribution in [1.29, 1.82) is 0 Å². The molecule has 0 spiro atoms. The third-order valence-corrected chi connectivity index (χ3v) is 6.10. The van der Waals surface area contributed by atoms with Crippen LogP contribution >= 0.6 is 0 Å². The summed E-state index contributed by atoms with van der Waals surface area (Å²) in [5, 5.41) is 0. The number of hydrogen-bond donors (Lipinski definition) is 0. The van der Waals surface area contributed by atoms with Crippen molar-refractivity contribution in [3.8, 4) is 11.4 Å². The Morgan fingerprint density at radius 3 is 2.58 bits per heavy atom. The zero-order valence-corrected chi connectivity index (χ0v) is 19.1. The lowest BCUT2D eigenvalue weighted by Crippen LogP contribution is -2.34. The molecular weight excluding hydrogens is 413 g/mol. The standard InChI is InChI=1S/C28H30FN3O/c1-3-24(29)13-12-21(2)28-31-26(25-11-7-8-17-30-25)27(33-28)23-15-19-32(20-16-23)18-14-22-9-5-4-6-10-22/h3-13,17,23H,1,14-16,18-20H2,2H3/b21-12+,24-13+. The maximum atomic E-state index is 13.5. The average Bonchev–Trinajstić information content (AvgIpc) is 3.33. The Morgan fingerprint density at radius 1 is 1.12 bits per heavy atom. The molecule has 0 bridgehead atoms. The Hall–Kier alpha value is -3.31. The normalized spacial score (nSPS) is 16.2. The molecule has 5 heteroatoms. The summed E-state index contributed by atoms with van der Waals surface area (Å²) in [6.45, 7) is 8.43. The maximum Gasteiger partial charge on any atom is 0.222 e. The second-order valence-corrected chi connectivity index (χ2v) is 8.40. The van der Waals surface area contributed by atoms with Gasteiger partial charge in [-0.05, 0) is 69.1 Å². The van der Waals surface area contributed by atoms with Crippen molar-refractivity contribution in [1.82, 2.24) is 14.9 Å². The lowest BCUT2D eigenvalue weighted by Gasteiger charge is -2.31. The molecule has 4 rings (SSSR count). The van der Waals surface area contributed by atoms with E-state index in [1.807, 2.05) is 25.1 Å². The number of piperidine rings is 1. The summed E-state index contributed by atoms with van der Waals surface area (Å²) < 4.78 is 19.8. The van der Waals surface area contributed by atoms with Gasteiger partial charge in [-0.25, -0.2) is 9.37 Å². The molecular formula is C28H30FN3O. The molecule has 170 valence electrons. The molecule has 0 amide bonds. The highest BCUT2D eigenvalue weighted by molar-refractivity contribution is 5.64. The Kier molecular flexibility index (Phi) is 7.63. The minimum Gasteiger partial charge on any atom is -0.440 e. The van der Waals surface area contributed by atoms with Crippen molar-refractivity contribution in [2.75, 3.05) is 19.6 Å². The molecule has 2 aromatic heterocycles. The van der Waals surface area contributed by atoms with Gasteiger partial charge >= 0.3 is 0 Å². The quantitative estimate of drug-likeness (QED) is 0.368. The van der Waals surface area contributed by atoms with E-state index >= 15 is 0 Å². The molecule has 0 unspecified atom stereocenters. The van der Waals surface area contributed by atoms with E-state index < -0.39 is 5.83 Å². The summed E-state index contributed by atoms with van der Waals surface area (Å²) >= 11 is 0. The van der Waals surface area contributed by atoms with Crippen LogP contribution in [0.1, 0.15) is 42.9 Å². The fraction of sp³-hybridized carbons (Fsp3) is 0.286. The molecule has 33 heavy (non-hydrogen) atoms. The highest BCUT2D eigenvalue weighted by Crippen LogP contribution is 2.36. The number of oxazole rings is 1. The van der Waals surface area contributed by atoms with Crippen LogP contribution in [0.4, 0.5) is 4.39 Å². The fourth-order valence-corrected chi connectivity index (χ4v) is 4.16. The van der Waals surface area contributed by atoms with Crippen molar-refractivity contribution < 1.29 is 8.81 Å². The first-order valence-electron chi connectivity index (χ1n) is 11.5. The van der Waals surface area contributed by atoms with Crippen LogP contribution in [0.15, 0.2) is 89.8 Å². The molecule has 0 aliphatic carbocycles. The van der Waals surface area contributed by atoms with E-state index in [4.69, 9.17) is 9.40 Å². The van der Waals surface area contributed by atoms with Crippen LogP contribution in [0.2, 0.25) is 0 Å². The van der Waals surface area contributed by atoms with Crippen molar-refractivity contribution in [2.24, 2.45) is 0 Å². The highest BCUT2D eigenvalue weighted by atomic mass is 19.1. The Labute approximate surface area is 195 Å². The first kappa shape index (κ1) is 22.9. The number of likely N-dealkylation sites (tertiary alicyclic amines) is 1. The summed E-state index contributed by atoms with van der Waals surface area (Å²) in [5.74, 6) is 1.27. The van der Waals surface area contributed by atoms with Crippen LogP contribution in [0.3, 0.4) is 0 Å². The first-order valence-corrected chi connectivity index (χ1v) is 11.5. The summed E-state index contributed by atoms with van der Waals surface area (Å²) in [6, 6.07) is 16.4. The number of halogens is 1. The van der Waals surface area contributed by atoms with Crippen LogP contribution in [-0.4, -0.2) is 34.5 Å².